The van der Waals surface area contributed by atoms with E-state index in [1.54, 1.807) is 6.08 Å². The highest BCUT2D eigenvalue weighted by Crippen LogP contribution is 2.30. The van der Waals surface area contributed by atoms with E-state index in [0.717, 1.165) is 103 Å². The smallest absolute Gasteiger partial charge is 0.220 e. The van der Waals surface area contributed by atoms with Crippen LogP contribution in [0.1, 0.15) is 303 Å². The summed E-state index contributed by atoms with van der Waals surface area (Å²) in [5.41, 5.74) is 0. The first-order valence-corrected chi connectivity index (χ1v) is 39.9. The summed E-state index contributed by atoms with van der Waals surface area (Å²) in [6.07, 6.45) is 83.8. The molecule has 99 heavy (non-hydrogen) atoms. The Morgan fingerprint density at radius 3 is 1.11 bits per heavy atom. The maximum atomic E-state index is 13.4. The number of rotatable bonds is 65. The van der Waals surface area contributed by atoms with Gasteiger partial charge >= 0.3 is 0 Å². The lowest BCUT2D eigenvalue weighted by molar-refractivity contribution is -0.359. The third-order valence-corrected chi connectivity index (χ3v) is 18.5. The topological polar surface area (TPSA) is 228 Å². The van der Waals surface area contributed by atoms with E-state index >= 15 is 0 Å². The average Bonchev–Trinajstić information content (AvgIpc) is 0.794. The summed E-state index contributed by atoms with van der Waals surface area (Å²) in [4.78, 5) is 13.4. The third kappa shape index (κ3) is 50.2. The molecule has 0 aromatic carbocycles. The minimum atomic E-state index is -1.80. The Balaban J connectivity index is 1.63. The van der Waals surface area contributed by atoms with Gasteiger partial charge in [0.15, 0.2) is 12.6 Å². The summed E-state index contributed by atoms with van der Waals surface area (Å²) in [5.74, 6) is -0.256. The number of carbonyl (C=O) groups excluding carboxylic acids is 1. The number of hydrogen-bond donors (Lipinski definition) is 9. The highest BCUT2D eigenvalue weighted by Gasteiger charge is 2.51. The van der Waals surface area contributed by atoms with Crippen molar-refractivity contribution in [3.05, 3.63) is 134 Å². The van der Waals surface area contributed by atoms with Gasteiger partial charge in [-0.05, 0) is 109 Å². The van der Waals surface area contributed by atoms with Crippen LogP contribution in [0, 0.1) is 0 Å². The lowest BCUT2D eigenvalue weighted by atomic mass is 9.97. The van der Waals surface area contributed by atoms with Gasteiger partial charge in [-0.1, -0.05) is 321 Å². The summed E-state index contributed by atoms with van der Waals surface area (Å²) < 4.78 is 22.9. The standard InChI is InChI=1S/C85H145NO13/c1-3-5-7-9-11-13-15-17-19-21-23-25-27-29-31-32-33-34-35-36-37-38-39-40-41-42-43-45-47-49-51-53-55-57-59-61-63-65-67-69-77(90)86-73(72-96-84-82(95)80(93)83(76(71-88)98-84)99-85-81(94)79(92)78(91)75(70-87)97-85)74(89)68-66-64-62-60-58-56-54-52-50-48-46-44-30-28-26-24-22-20-18-16-14-12-10-8-6-4-2/h5,7,11,13,17,19,23,25,29,31,33-34,36-37,39-40,50,52,58,60,66,68,73-76,78-85,87-89,91-95H,3-4,6,8-10,12,14-16,18,20-22,24,26-28,30,32,35,38,41-49,51,53-57,59,61-65,67,69-72H2,1-2H3,(H,86,90)/b7-5-,13-11-,19-17-,25-23-,31-29-,34-33-,37-36-,40-39-,52-50+,60-58+,68-66+. The lowest BCUT2D eigenvalue weighted by Gasteiger charge is -2.46. The first kappa shape index (κ1) is 91.2. The van der Waals surface area contributed by atoms with Gasteiger partial charge in [0.25, 0.3) is 0 Å². The molecule has 2 heterocycles. The van der Waals surface area contributed by atoms with Crippen LogP contribution in [0.5, 0.6) is 0 Å². The van der Waals surface area contributed by atoms with Crippen LogP contribution in [0.2, 0.25) is 0 Å². The number of unbranched alkanes of at least 4 members (excludes halogenated alkanes) is 32. The van der Waals surface area contributed by atoms with Crippen molar-refractivity contribution in [1.29, 1.82) is 0 Å². The first-order valence-electron chi connectivity index (χ1n) is 39.9. The van der Waals surface area contributed by atoms with E-state index in [1.807, 2.05) is 6.08 Å². The van der Waals surface area contributed by atoms with Gasteiger partial charge in [-0.15, -0.1) is 0 Å². The van der Waals surface area contributed by atoms with Crippen LogP contribution in [0.15, 0.2) is 134 Å². The molecule has 2 saturated heterocycles. The highest BCUT2D eigenvalue weighted by atomic mass is 16.7. The van der Waals surface area contributed by atoms with E-state index in [0.29, 0.717) is 12.8 Å². The van der Waals surface area contributed by atoms with Gasteiger partial charge in [0.05, 0.1) is 32.0 Å². The number of carbonyl (C=O) groups is 1. The number of nitrogens with one attached hydrogen (secondary N) is 1. The fraction of sp³-hybridized carbons (Fsp3) is 0.729. The van der Waals surface area contributed by atoms with Crippen molar-refractivity contribution >= 4 is 5.91 Å². The molecule has 0 saturated carbocycles. The zero-order valence-electron chi connectivity index (χ0n) is 62.2. The number of ether oxygens (including phenoxy) is 4. The average molecular weight is 1390 g/mol. The van der Waals surface area contributed by atoms with Gasteiger partial charge in [0, 0.05) is 6.42 Å². The largest absolute Gasteiger partial charge is 0.394 e. The Labute approximate surface area is 602 Å². The number of amides is 1. The molecule has 0 aromatic heterocycles. The summed E-state index contributed by atoms with van der Waals surface area (Å²) >= 11 is 0. The van der Waals surface area contributed by atoms with E-state index in [-0.39, 0.29) is 18.9 Å². The van der Waals surface area contributed by atoms with Crippen LogP contribution in [0.25, 0.3) is 0 Å². The number of allylic oxidation sites excluding steroid dienone is 21. The zero-order chi connectivity index (χ0) is 71.5. The van der Waals surface area contributed by atoms with E-state index in [2.05, 4.69) is 141 Å². The molecule has 14 nitrogen and oxygen atoms in total. The van der Waals surface area contributed by atoms with Crippen molar-refractivity contribution in [2.45, 2.75) is 376 Å². The maximum absolute atomic E-state index is 13.4. The Kier molecular flexibility index (Phi) is 62.0. The molecule has 0 spiro atoms. The Morgan fingerprint density at radius 1 is 0.374 bits per heavy atom. The van der Waals surface area contributed by atoms with Gasteiger partial charge in [-0.25, -0.2) is 0 Å². The predicted molar refractivity (Wildman–Crippen MR) is 410 cm³/mol. The Bertz CT molecular complexity index is 2180. The van der Waals surface area contributed by atoms with Crippen LogP contribution in [0.4, 0.5) is 0 Å². The normalized spacial score (nSPS) is 22.7. The van der Waals surface area contributed by atoms with Crippen molar-refractivity contribution in [2.75, 3.05) is 19.8 Å². The van der Waals surface area contributed by atoms with Crippen LogP contribution in [-0.4, -0.2) is 140 Å². The minimum Gasteiger partial charge on any atom is -0.394 e. The first-order chi connectivity index (χ1) is 48.6. The molecule has 9 N–H and O–H groups in total. The molecule has 12 unspecified atom stereocenters. The fourth-order valence-corrected chi connectivity index (χ4v) is 12.3. The van der Waals surface area contributed by atoms with Gasteiger partial charge < -0.3 is 65.1 Å². The number of aliphatic hydroxyl groups is 8. The molecule has 0 aliphatic carbocycles. The van der Waals surface area contributed by atoms with Crippen molar-refractivity contribution in [3.63, 3.8) is 0 Å². The van der Waals surface area contributed by atoms with E-state index in [4.69, 9.17) is 18.9 Å². The summed E-state index contributed by atoms with van der Waals surface area (Å²) in [6, 6.07) is -0.948. The SMILES string of the molecule is CC/C=C\C/C=C\C/C=C\C/C=C\C/C=C\C/C=C\C/C=C\C/C=C\CCCCCCCCCCCCCCCCC(=O)NC(COC1OC(CO)C(OC2OC(CO)C(O)C(O)C2O)C(O)C1O)C(O)/C=C/CC/C=C/CC/C=C/CCCCCCCCCCCCCCCCCC. The number of hydrogen-bond acceptors (Lipinski definition) is 13. The quantitative estimate of drug-likeness (QED) is 0.0204. The maximum Gasteiger partial charge on any atom is 0.220 e. The molecule has 0 radical (unpaired) electrons. The Hall–Kier alpha value is -3.87. The second-order valence-corrected chi connectivity index (χ2v) is 27.4. The van der Waals surface area contributed by atoms with E-state index < -0.39 is 86.8 Å². The van der Waals surface area contributed by atoms with E-state index in [1.165, 1.54) is 167 Å². The van der Waals surface area contributed by atoms with Crippen LogP contribution < -0.4 is 5.32 Å². The van der Waals surface area contributed by atoms with Crippen molar-refractivity contribution < 1.29 is 64.6 Å². The summed E-state index contributed by atoms with van der Waals surface area (Å²) in [7, 11) is 0. The molecule has 12 atom stereocenters. The van der Waals surface area contributed by atoms with Crippen LogP contribution in [-0.2, 0) is 23.7 Å². The summed E-state index contributed by atoms with van der Waals surface area (Å²) in [5, 5.41) is 87.6. The second-order valence-electron chi connectivity index (χ2n) is 27.4. The zero-order valence-corrected chi connectivity index (χ0v) is 62.2. The lowest BCUT2D eigenvalue weighted by Crippen LogP contribution is -2.65. The second kappa shape index (κ2) is 67.3. The summed E-state index contributed by atoms with van der Waals surface area (Å²) in [6.45, 7) is 2.68. The van der Waals surface area contributed by atoms with Gasteiger partial charge in [0.1, 0.15) is 48.8 Å². The Morgan fingerprint density at radius 2 is 0.707 bits per heavy atom. The monoisotopic (exact) mass is 1390 g/mol. The molecule has 1 amide bonds. The molecule has 568 valence electrons. The van der Waals surface area contributed by atoms with Crippen molar-refractivity contribution in [2.24, 2.45) is 0 Å². The van der Waals surface area contributed by atoms with Crippen LogP contribution >= 0.6 is 0 Å². The molecule has 2 rings (SSSR count). The molecule has 0 aromatic rings. The van der Waals surface area contributed by atoms with Gasteiger partial charge in [0.2, 0.25) is 5.91 Å². The minimum absolute atomic E-state index is 0.256. The van der Waals surface area contributed by atoms with Crippen molar-refractivity contribution in [3.8, 4) is 0 Å². The van der Waals surface area contributed by atoms with Crippen molar-refractivity contribution in [1.82, 2.24) is 5.32 Å². The molecule has 2 aliphatic heterocycles. The molecule has 14 heteroatoms. The number of aliphatic hydroxyl groups excluding tert-OH is 8. The third-order valence-electron chi connectivity index (χ3n) is 18.5. The molecule has 2 fully saturated rings. The predicted octanol–water partition coefficient (Wildman–Crippen LogP) is 18.2. The molecule has 2 aliphatic rings. The molecular weight excluding hydrogens is 1240 g/mol. The van der Waals surface area contributed by atoms with Gasteiger partial charge in [-0.3, -0.25) is 4.79 Å². The highest BCUT2D eigenvalue weighted by molar-refractivity contribution is 5.76. The van der Waals surface area contributed by atoms with E-state index in [9.17, 15) is 45.6 Å². The molecule has 0 bridgehead atoms. The fourth-order valence-electron chi connectivity index (χ4n) is 12.3. The molecular formula is C85H145NO13. The van der Waals surface area contributed by atoms with Crippen LogP contribution in [0.3, 0.4) is 0 Å². The van der Waals surface area contributed by atoms with Gasteiger partial charge in [-0.2, -0.15) is 0 Å².